The van der Waals surface area contributed by atoms with Gasteiger partial charge in [0, 0.05) is 60.4 Å². The topological polar surface area (TPSA) is 249 Å². The van der Waals surface area contributed by atoms with Gasteiger partial charge in [-0.25, -0.2) is 14.4 Å². The van der Waals surface area contributed by atoms with Gasteiger partial charge in [0.15, 0.2) is 0 Å². The van der Waals surface area contributed by atoms with Crippen LogP contribution in [-0.4, -0.2) is 138 Å². The molecule has 23 heteroatoms. The number of esters is 1. The normalized spacial score (nSPS) is 14.4. The van der Waals surface area contributed by atoms with Gasteiger partial charge in [0.1, 0.15) is 25.3 Å². The molecule has 4 amide bonds. The Labute approximate surface area is 358 Å². The summed E-state index contributed by atoms with van der Waals surface area (Å²) < 4.78 is 12.0. The molecule has 330 valence electrons. The summed E-state index contributed by atoms with van der Waals surface area (Å²) in [6.07, 6.45) is 0.720. The fourth-order valence-electron chi connectivity index (χ4n) is 5.99. The number of nitrogens with zero attached hydrogens (tertiary/aromatic N) is 6. The third-order valence-corrected chi connectivity index (χ3v) is 12.0. The maximum absolute atomic E-state index is 13.1. The van der Waals surface area contributed by atoms with Crippen LogP contribution < -0.4 is 0 Å². The number of imide groups is 2. The molecule has 4 rings (SSSR count). The molecule has 21 nitrogen and oxygen atoms in total. The van der Waals surface area contributed by atoms with Crippen molar-refractivity contribution in [1.29, 1.82) is 0 Å². The van der Waals surface area contributed by atoms with Crippen LogP contribution >= 0.6 is 21.6 Å². The Hall–Kier alpha value is -5.49. The van der Waals surface area contributed by atoms with E-state index in [2.05, 4.69) is 0 Å². The summed E-state index contributed by atoms with van der Waals surface area (Å²) in [7, 11) is 9.89. The Balaban J connectivity index is 1.24. The van der Waals surface area contributed by atoms with E-state index >= 15 is 0 Å². The lowest BCUT2D eigenvalue weighted by Gasteiger charge is -2.29. The van der Waals surface area contributed by atoms with Crippen LogP contribution in [0, 0.1) is 20.2 Å². The van der Waals surface area contributed by atoms with Crippen molar-refractivity contribution in [1.82, 2.24) is 10.1 Å². The van der Waals surface area contributed by atoms with E-state index in [1.807, 2.05) is 28.2 Å². The third-order valence-electron chi connectivity index (χ3n) is 9.58. The minimum atomic E-state index is -0.908. The molecule has 61 heavy (non-hydrogen) atoms. The second kappa shape index (κ2) is 21.9. The van der Waals surface area contributed by atoms with Crippen LogP contribution in [0.25, 0.3) is 0 Å². The predicted octanol–water partition coefficient (Wildman–Crippen LogP) is 3.90. The second-order valence-corrected chi connectivity index (χ2v) is 17.7. The first-order valence-electron chi connectivity index (χ1n) is 19.2. The Kier molecular flexibility index (Phi) is 17.3. The number of nitro benzene ring substituents is 2. The van der Waals surface area contributed by atoms with E-state index in [-0.39, 0.29) is 69.6 Å². The number of benzene rings is 2. The second-order valence-electron chi connectivity index (χ2n) is 15.4. The highest BCUT2D eigenvalue weighted by Crippen LogP contribution is 2.40. The Morgan fingerprint density at radius 3 is 1.57 bits per heavy atom. The minimum Gasteiger partial charge on any atom is -0.456 e. The van der Waals surface area contributed by atoms with Crippen LogP contribution in [0.2, 0.25) is 0 Å². The molecule has 2 aromatic rings. The number of hydrogen-bond donors (Lipinski definition) is 0. The van der Waals surface area contributed by atoms with Gasteiger partial charge in [-0.3, -0.25) is 39.4 Å². The highest BCUT2D eigenvalue weighted by Gasteiger charge is 2.34. The van der Waals surface area contributed by atoms with Gasteiger partial charge in [0.25, 0.3) is 35.0 Å². The average molecular weight is 893 g/mol. The predicted molar refractivity (Wildman–Crippen MR) is 214 cm³/mol. The third kappa shape index (κ3) is 14.9. The van der Waals surface area contributed by atoms with Crippen LogP contribution in [0.15, 0.2) is 46.2 Å². The molecule has 2 heterocycles. The van der Waals surface area contributed by atoms with Gasteiger partial charge in [-0.1, -0.05) is 21.6 Å². The van der Waals surface area contributed by atoms with Crippen molar-refractivity contribution in [3.05, 3.63) is 67.8 Å². The van der Waals surface area contributed by atoms with Crippen LogP contribution in [-0.2, 0) is 54.5 Å². The molecule has 0 aliphatic carbocycles. The molecule has 2 aliphatic heterocycles. The van der Waals surface area contributed by atoms with E-state index in [1.165, 1.54) is 45.9 Å². The van der Waals surface area contributed by atoms with Crippen molar-refractivity contribution in [2.75, 3.05) is 67.6 Å². The number of hydrogen-bond acceptors (Lipinski definition) is 17. The highest BCUT2D eigenvalue weighted by molar-refractivity contribution is 8.76. The van der Waals surface area contributed by atoms with Crippen molar-refractivity contribution in [2.45, 2.75) is 67.8 Å². The standard InChI is InChI=1S/C38H48N6O15S2/c1-43(2,17-5-7-36(49)58-39-32(45)13-14-33(39)46)19-21-56-25-26-23-27(9-11-30(26)41(52)53)60-61-28-10-12-31(42(54)55)29(24-28)38(51)57-22-20-44(3,4)18-6-8-37(50)59-40-34(47)15-16-35(40)48/h9-12,23-24H,5-8,13-22,25H2,1-4H3/q+2. The lowest BCUT2D eigenvalue weighted by molar-refractivity contribution is -0.890. The largest absolute Gasteiger partial charge is 0.456 e. The number of hydroxylamine groups is 4. The number of amides is 4. The van der Waals surface area contributed by atoms with Crippen LogP contribution in [0.4, 0.5) is 11.4 Å². The Morgan fingerprint density at radius 2 is 1.10 bits per heavy atom. The van der Waals surface area contributed by atoms with Crippen LogP contribution in [0.5, 0.6) is 0 Å². The fraction of sp³-hybridized carbons (Fsp3) is 0.500. The summed E-state index contributed by atoms with van der Waals surface area (Å²) in [5.74, 6) is -4.54. The zero-order valence-corrected chi connectivity index (χ0v) is 35.8. The van der Waals surface area contributed by atoms with E-state index in [9.17, 15) is 53.8 Å². The summed E-state index contributed by atoms with van der Waals surface area (Å²) in [4.78, 5) is 117. The minimum absolute atomic E-state index is 0.000302. The number of likely N-dealkylation sites (N-methyl/N-ethyl adjacent to an activating group) is 2. The lowest BCUT2D eigenvalue weighted by atomic mass is 10.2. The van der Waals surface area contributed by atoms with E-state index in [0.29, 0.717) is 73.5 Å². The zero-order chi connectivity index (χ0) is 44.9. The Bertz CT molecular complexity index is 2010. The van der Waals surface area contributed by atoms with E-state index in [0.717, 1.165) is 0 Å². The van der Waals surface area contributed by atoms with Gasteiger partial charge < -0.3 is 28.1 Å². The quantitative estimate of drug-likeness (QED) is 0.0276. The van der Waals surface area contributed by atoms with E-state index in [4.69, 9.17) is 19.1 Å². The number of quaternary nitrogens is 2. The van der Waals surface area contributed by atoms with Gasteiger partial charge in [-0.2, -0.15) is 0 Å². The molecule has 0 radical (unpaired) electrons. The van der Waals surface area contributed by atoms with Crippen molar-refractivity contribution < 1.29 is 71.5 Å². The first-order valence-corrected chi connectivity index (χ1v) is 21.3. The molecule has 0 saturated carbocycles. The summed E-state index contributed by atoms with van der Waals surface area (Å²) in [5, 5.41) is 24.6. The van der Waals surface area contributed by atoms with Crippen molar-refractivity contribution in [3.8, 4) is 0 Å². The number of rotatable bonds is 24. The molecule has 0 aromatic heterocycles. The van der Waals surface area contributed by atoms with Crippen molar-refractivity contribution in [3.63, 3.8) is 0 Å². The molecule has 0 N–H and O–H groups in total. The smallest absolute Gasteiger partial charge is 0.345 e. The molecule has 0 bridgehead atoms. The molecule has 0 atom stereocenters. The summed E-state index contributed by atoms with van der Waals surface area (Å²) >= 11 is 0. The van der Waals surface area contributed by atoms with Gasteiger partial charge in [0.05, 0.1) is 82.7 Å². The van der Waals surface area contributed by atoms with E-state index < -0.39 is 57.1 Å². The van der Waals surface area contributed by atoms with Crippen LogP contribution in [0.1, 0.15) is 67.3 Å². The zero-order valence-electron chi connectivity index (χ0n) is 34.2. The SMILES string of the molecule is C[N+](C)(CCCC(=O)ON1C(=O)CCC1=O)CCOCc1cc(SSc2ccc([N+](=O)[O-])c(C(=O)OCC[N+](C)(C)CCCC(=O)ON3C(=O)CCC3=O)c2)ccc1[N+](=O)[O-]. The van der Waals surface area contributed by atoms with Crippen molar-refractivity contribution in [2.24, 2.45) is 0 Å². The molecular weight excluding hydrogens is 845 g/mol. The van der Waals surface area contributed by atoms with Gasteiger partial charge >= 0.3 is 17.9 Å². The maximum atomic E-state index is 13.1. The molecule has 2 aliphatic rings. The first-order chi connectivity index (χ1) is 28.7. The van der Waals surface area contributed by atoms with Gasteiger partial charge in [-0.05, 0) is 24.3 Å². The molecule has 2 saturated heterocycles. The van der Waals surface area contributed by atoms with E-state index in [1.54, 1.807) is 12.1 Å². The maximum Gasteiger partial charge on any atom is 0.345 e. The number of nitro groups is 2. The lowest BCUT2D eigenvalue weighted by Crippen LogP contribution is -2.43. The molecule has 2 aromatic carbocycles. The number of carbonyl (C=O) groups is 7. The summed E-state index contributed by atoms with van der Waals surface area (Å²) in [6.45, 7) is 1.87. The van der Waals surface area contributed by atoms with Gasteiger partial charge in [0.2, 0.25) is 0 Å². The highest BCUT2D eigenvalue weighted by atomic mass is 33.1. The molecular formula is C38H48N6O15S2+2. The van der Waals surface area contributed by atoms with Crippen LogP contribution in [0.3, 0.4) is 0 Å². The van der Waals surface area contributed by atoms with Gasteiger partial charge in [-0.15, -0.1) is 10.1 Å². The molecule has 0 unspecified atom stereocenters. The number of ether oxygens (including phenoxy) is 2. The van der Waals surface area contributed by atoms with Crippen molar-refractivity contribution >= 4 is 74.5 Å². The monoisotopic (exact) mass is 892 g/mol. The summed E-state index contributed by atoms with van der Waals surface area (Å²) in [5.41, 5.74) is -0.537. The first kappa shape index (κ1) is 48.2. The fourth-order valence-corrected chi connectivity index (χ4v) is 7.98. The summed E-state index contributed by atoms with van der Waals surface area (Å²) in [6, 6.07) is 8.53. The Morgan fingerprint density at radius 1 is 0.656 bits per heavy atom. The molecule has 2 fully saturated rings. The average Bonchev–Trinajstić information content (AvgIpc) is 3.68. The molecule has 0 spiro atoms. The number of carbonyl (C=O) groups excluding carboxylic acids is 7.